The summed E-state index contributed by atoms with van der Waals surface area (Å²) < 4.78 is 0. The molecular formula is C18H18N4O2. The molecule has 6 heteroatoms. The van der Waals surface area contributed by atoms with Crippen molar-refractivity contribution in [2.75, 3.05) is 13.1 Å². The van der Waals surface area contributed by atoms with Crippen LogP contribution >= 0.6 is 0 Å². The topological polar surface area (TPSA) is 81.8 Å². The smallest absolute Gasteiger partial charge is 0.255 e. The second kappa shape index (κ2) is 5.96. The average molecular weight is 322 g/mol. The predicted molar refractivity (Wildman–Crippen MR) is 91.0 cm³/mol. The number of H-pyrrole nitrogens is 2. The molecule has 0 bridgehead atoms. The van der Waals surface area contributed by atoms with E-state index in [0.717, 1.165) is 36.2 Å². The molecule has 2 aromatic heterocycles. The van der Waals surface area contributed by atoms with Gasteiger partial charge in [-0.05, 0) is 31.0 Å². The lowest BCUT2D eigenvalue weighted by molar-refractivity contribution is 0.0704. The van der Waals surface area contributed by atoms with E-state index in [1.807, 2.05) is 29.2 Å². The Morgan fingerprint density at radius 2 is 2.08 bits per heavy atom. The van der Waals surface area contributed by atoms with Crippen LogP contribution in [-0.2, 0) is 0 Å². The number of rotatable bonds is 2. The van der Waals surface area contributed by atoms with Crippen LogP contribution in [0.2, 0.25) is 0 Å². The number of likely N-dealkylation sites (tertiary alicyclic amines) is 1. The molecule has 1 aliphatic rings. The molecule has 4 rings (SSSR count). The number of aromatic amines is 2. The molecule has 24 heavy (non-hydrogen) atoms. The Bertz CT molecular complexity index is 890. The zero-order valence-electron chi connectivity index (χ0n) is 13.2. The van der Waals surface area contributed by atoms with Crippen molar-refractivity contribution in [3.05, 3.63) is 64.3 Å². The van der Waals surface area contributed by atoms with Crippen LogP contribution in [0.3, 0.4) is 0 Å². The molecule has 6 nitrogen and oxygen atoms in total. The number of carbonyl (C=O) groups excluding carboxylic acids is 1. The summed E-state index contributed by atoms with van der Waals surface area (Å²) in [5.74, 6) is 1.10. The number of fused-ring (bicyclic) bond motifs is 1. The number of amides is 1. The number of pyridine rings is 1. The summed E-state index contributed by atoms with van der Waals surface area (Å²) in [6.45, 7) is 1.37. The summed E-state index contributed by atoms with van der Waals surface area (Å²) in [6.07, 6.45) is 3.43. The van der Waals surface area contributed by atoms with Crippen molar-refractivity contribution in [3.8, 4) is 0 Å². The number of para-hydroxylation sites is 2. The molecule has 1 aromatic carbocycles. The minimum atomic E-state index is -0.203. The molecular weight excluding hydrogens is 304 g/mol. The lowest BCUT2D eigenvalue weighted by atomic mass is 9.97. The highest BCUT2D eigenvalue weighted by atomic mass is 16.2. The minimum absolute atomic E-state index is 0.0490. The average Bonchev–Trinajstić information content (AvgIpc) is 3.06. The Hall–Kier alpha value is -2.89. The van der Waals surface area contributed by atoms with Crippen molar-refractivity contribution in [1.29, 1.82) is 0 Å². The number of hydrogen-bond donors (Lipinski definition) is 2. The second-order valence-electron chi connectivity index (χ2n) is 6.17. The van der Waals surface area contributed by atoms with E-state index in [2.05, 4.69) is 15.0 Å². The van der Waals surface area contributed by atoms with E-state index in [0.29, 0.717) is 12.1 Å². The first kappa shape index (κ1) is 14.7. The molecule has 1 atom stereocenters. The van der Waals surface area contributed by atoms with Gasteiger partial charge in [0.2, 0.25) is 5.56 Å². The summed E-state index contributed by atoms with van der Waals surface area (Å²) >= 11 is 0. The number of aromatic nitrogens is 3. The molecule has 3 heterocycles. The van der Waals surface area contributed by atoms with Gasteiger partial charge in [0, 0.05) is 31.3 Å². The van der Waals surface area contributed by atoms with Crippen molar-refractivity contribution < 1.29 is 4.79 Å². The molecule has 0 saturated carbocycles. The molecule has 1 aliphatic heterocycles. The maximum absolute atomic E-state index is 12.6. The second-order valence-corrected chi connectivity index (χ2v) is 6.17. The Morgan fingerprint density at radius 1 is 1.21 bits per heavy atom. The minimum Gasteiger partial charge on any atom is -0.342 e. The molecule has 1 fully saturated rings. The molecule has 0 aliphatic carbocycles. The third kappa shape index (κ3) is 2.71. The Labute approximate surface area is 138 Å². The van der Waals surface area contributed by atoms with Crippen LogP contribution < -0.4 is 5.56 Å². The van der Waals surface area contributed by atoms with E-state index in [-0.39, 0.29) is 17.4 Å². The van der Waals surface area contributed by atoms with Crippen molar-refractivity contribution in [2.45, 2.75) is 18.8 Å². The van der Waals surface area contributed by atoms with Gasteiger partial charge in [0.15, 0.2) is 0 Å². The van der Waals surface area contributed by atoms with E-state index in [1.54, 1.807) is 6.07 Å². The van der Waals surface area contributed by atoms with Gasteiger partial charge in [0.25, 0.3) is 5.91 Å². The van der Waals surface area contributed by atoms with Crippen molar-refractivity contribution in [3.63, 3.8) is 0 Å². The first-order valence-electron chi connectivity index (χ1n) is 8.13. The third-order valence-corrected chi connectivity index (χ3v) is 4.53. The SMILES string of the molecule is O=C(c1ccc(=O)[nH]c1)N1CCCC(c2nc3ccccc3[nH]2)C1. The summed E-state index contributed by atoms with van der Waals surface area (Å²) in [5.41, 5.74) is 2.29. The predicted octanol–water partition coefficient (Wildman–Crippen LogP) is 2.27. The first-order chi connectivity index (χ1) is 11.7. The van der Waals surface area contributed by atoms with Crippen molar-refractivity contribution in [2.24, 2.45) is 0 Å². The fourth-order valence-corrected chi connectivity index (χ4v) is 3.28. The molecule has 3 aromatic rings. The van der Waals surface area contributed by atoms with E-state index in [4.69, 9.17) is 0 Å². The van der Waals surface area contributed by atoms with Gasteiger partial charge in [-0.2, -0.15) is 0 Å². The number of hydrogen-bond acceptors (Lipinski definition) is 3. The van der Waals surface area contributed by atoms with Gasteiger partial charge in [0.1, 0.15) is 5.82 Å². The number of carbonyl (C=O) groups is 1. The largest absolute Gasteiger partial charge is 0.342 e. The standard InChI is InChI=1S/C18H18N4O2/c23-16-8-7-12(10-19-16)18(24)22-9-3-4-13(11-22)17-20-14-5-1-2-6-15(14)21-17/h1-2,5-8,10,13H,3-4,9,11H2,(H,19,23)(H,20,21). The Kier molecular flexibility index (Phi) is 3.65. The van der Waals surface area contributed by atoms with Gasteiger partial charge in [-0.1, -0.05) is 12.1 Å². The molecule has 1 unspecified atom stereocenters. The number of nitrogens with zero attached hydrogens (tertiary/aromatic N) is 2. The highest BCUT2D eigenvalue weighted by molar-refractivity contribution is 5.94. The summed E-state index contributed by atoms with van der Waals surface area (Å²) in [4.78, 5) is 36.2. The van der Waals surface area contributed by atoms with E-state index in [9.17, 15) is 9.59 Å². The van der Waals surface area contributed by atoms with E-state index in [1.165, 1.54) is 12.3 Å². The summed E-state index contributed by atoms with van der Waals surface area (Å²) in [6, 6.07) is 10.9. The monoisotopic (exact) mass is 322 g/mol. The third-order valence-electron chi connectivity index (χ3n) is 4.53. The highest BCUT2D eigenvalue weighted by Crippen LogP contribution is 2.27. The van der Waals surface area contributed by atoms with Crippen LogP contribution in [0.4, 0.5) is 0 Å². The number of piperidine rings is 1. The first-order valence-corrected chi connectivity index (χ1v) is 8.13. The van der Waals surface area contributed by atoms with Crippen LogP contribution in [0.1, 0.15) is 34.9 Å². The van der Waals surface area contributed by atoms with Crippen molar-refractivity contribution in [1.82, 2.24) is 19.9 Å². The zero-order chi connectivity index (χ0) is 16.5. The lowest BCUT2D eigenvalue weighted by Gasteiger charge is -2.31. The normalized spacial score (nSPS) is 18.0. The highest BCUT2D eigenvalue weighted by Gasteiger charge is 2.27. The van der Waals surface area contributed by atoms with Crippen LogP contribution in [0.25, 0.3) is 11.0 Å². The zero-order valence-corrected chi connectivity index (χ0v) is 13.2. The Morgan fingerprint density at radius 3 is 2.88 bits per heavy atom. The quantitative estimate of drug-likeness (QED) is 0.759. The van der Waals surface area contributed by atoms with E-state index >= 15 is 0 Å². The fraction of sp³-hybridized carbons (Fsp3) is 0.278. The van der Waals surface area contributed by atoms with E-state index < -0.39 is 0 Å². The van der Waals surface area contributed by atoms with Crippen LogP contribution in [0.5, 0.6) is 0 Å². The van der Waals surface area contributed by atoms with Gasteiger partial charge >= 0.3 is 0 Å². The maximum atomic E-state index is 12.6. The molecule has 0 radical (unpaired) electrons. The van der Waals surface area contributed by atoms with Gasteiger partial charge < -0.3 is 14.9 Å². The maximum Gasteiger partial charge on any atom is 0.255 e. The molecule has 122 valence electrons. The van der Waals surface area contributed by atoms with Gasteiger partial charge in [-0.15, -0.1) is 0 Å². The number of nitrogens with one attached hydrogen (secondary N) is 2. The van der Waals surface area contributed by atoms with Gasteiger partial charge in [-0.25, -0.2) is 4.98 Å². The van der Waals surface area contributed by atoms with Gasteiger partial charge in [-0.3, -0.25) is 9.59 Å². The molecule has 0 spiro atoms. The van der Waals surface area contributed by atoms with Crippen LogP contribution in [0.15, 0.2) is 47.4 Å². The van der Waals surface area contributed by atoms with Crippen LogP contribution in [-0.4, -0.2) is 38.8 Å². The van der Waals surface area contributed by atoms with Crippen LogP contribution in [0, 0.1) is 0 Å². The van der Waals surface area contributed by atoms with Crippen molar-refractivity contribution >= 4 is 16.9 Å². The number of benzene rings is 1. The lowest BCUT2D eigenvalue weighted by Crippen LogP contribution is -2.39. The molecule has 2 N–H and O–H groups in total. The Balaban J connectivity index is 1.55. The molecule has 1 amide bonds. The number of imidazole rings is 1. The summed E-state index contributed by atoms with van der Waals surface area (Å²) in [5, 5.41) is 0. The van der Waals surface area contributed by atoms with Gasteiger partial charge in [0.05, 0.1) is 16.6 Å². The molecule has 1 saturated heterocycles. The fourth-order valence-electron chi connectivity index (χ4n) is 3.28. The summed E-state index contributed by atoms with van der Waals surface area (Å²) in [7, 11) is 0.